The van der Waals surface area contributed by atoms with Gasteiger partial charge in [0.15, 0.2) is 0 Å². The van der Waals surface area contributed by atoms with Crippen molar-refractivity contribution in [2.45, 2.75) is 39.2 Å². The maximum atomic E-state index is 13.2. The number of hydrogen-bond acceptors (Lipinski definition) is 6. The molecule has 0 radical (unpaired) electrons. The van der Waals surface area contributed by atoms with Crippen molar-refractivity contribution in [3.8, 4) is 11.5 Å². The van der Waals surface area contributed by atoms with E-state index in [-0.39, 0.29) is 11.8 Å². The first kappa shape index (κ1) is 22.8. The summed E-state index contributed by atoms with van der Waals surface area (Å²) < 4.78 is 8.15. The van der Waals surface area contributed by atoms with Gasteiger partial charge >= 0.3 is 0 Å². The third-order valence-corrected chi connectivity index (χ3v) is 8.58. The Kier molecular flexibility index (Phi) is 6.04. The second-order valence-electron chi connectivity index (χ2n) is 8.83. The molecule has 5 rings (SSSR count). The summed E-state index contributed by atoms with van der Waals surface area (Å²) in [6, 6.07) is 9.86. The molecule has 4 heterocycles. The Morgan fingerprint density at radius 2 is 2.03 bits per heavy atom. The molecule has 1 atom stereocenters. The summed E-state index contributed by atoms with van der Waals surface area (Å²) in [6.07, 6.45) is 4.83. The molecule has 1 aliphatic heterocycles. The van der Waals surface area contributed by atoms with Gasteiger partial charge in [-0.15, -0.1) is 22.7 Å². The minimum absolute atomic E-state index is 0.00681. The van der Waals surface area contributed by atoms with E-state index in [4.69, 9.17) is 4.74 Å². The van der Waals surface area contributed by atoms with Gasteiger partial charge in [0.2, 0.25) is 0 Å². The third-order valence-electron chi connectivity index (χ3n) is 6.38. The van der Waals surface area contributed by atoms with Crippen molar-refractivity contribution in [3.63, 3.8) is 0 Å². The molecule has 2 amide bonds. The monoisotopic (exact) mass is 493 g/mol. The van der Waals surface area contributed by atoms with E-state index in [0.717, 1.165) is 56.6 Å². The molecule has 4 aromatic rings. The van der Waals surface area contributed by atoms with Gasteiger partial charge in [-0.25, -0.2) is 0 Å². The second-order valence-corrected chi connectivity index (χ2v) is 11.1. The van der Waals surface area contributed by atoms with Crippen LogP contribution in [-0.2, 0) is 0 Å². The van der Waals surface area contributed by atoms with Crippen LogP contribution in [0.3, 0.4) is 0 Å². The molecule has 1 aromatic carbocycles. The van der Waals surface area contributed by atoms with Crippen molar-refractivity contribution < 1.29 is 14.3 Å². The molecule has 0 spiro atoms. The van der Waals surface area contributed by atoms with Crippen LogP contribution in [0.15, 0.2) is 36.5 Å². The van der Waals surface area contributed by atoms with E-state index in [0.29, 0.717) is 22.4 Å². The van der Waals surface area contributed by atoms with Gasteiger partial charge in [-0.1, -0.05) is 6.92 Å². The van der Waals surface area contributed by atoms with Crippen LogP contribution in [-0.4, -0.2) is 53.3 Å². The van der Waals surface area contributed by atoms with Crippen LogP contribution in [0.2, 0.25) is 0 Å². The molecule has 0 N–H and O–H groups in total. The normalized spacial score (nSPS) is 15.9. The van der Waals surface area contributed by atoms with Crippen molar-refractivity contribution in [1.29, 1.82) is 0 Å². The van der Waals surface area contributed by atoms with Crippen molar-refractivity contribution in [2.24, 2.45) is 0 Å². The van der Waals surface area contributed by atoms with E-state index in [1.165, 1.54) is 11.3 Å². The van der Waals surface area contributed by atoms with E-state index >= 15 is 0 Å². The van der Waals surface area contributed by atoms with Crippen LogP contribution in [0.1, 0.15) is 51.1 Å². The fraction of sp³-hybridized carbons (Fsp3) is 0.346. The molecule has 0 aliphatic carbocycles. The molecule has 176 valence electrons. The molecule has 1 fully saturated rings. The average molecular weight is 494 g/mol. The van der Waals surface area contributed by atoms with E-state index in [1.807, 2.05) is 42.2 Å². The molecule has 0 unspecified atom stereocenters. The van der Waals surface area contributed by atoms with E-state index < -0.39 is 0 Å². The van der Waals surface area contributed by atoms with Gasteiger partial charge in [0.1, 0.15) is 11.5 Å². The molecule has 3 aromatic heterocycles. The number of likely N-dealkylation sites (tertiary alicyclic amines) is 1. The fourth-order valence-corrected chi connectivity index (χ4v) is 6.75. The van der Waals surface area contributed by atoms with Crippen LogP contribution in [0.4, 0.5) is 0 Å². The highest BCUT2D eigenvalue weighted by molar-refractivity contribution is 7.21. The number of ether oxygens (including phenoxy) is 1. The molecule has 6 nitrogen and oxygen atoms in total. The van der Waals surface area contributed by atoms with Crippen molar-refractivity contribution in [3.05, 3.63) is 51.8 Å². The molecule has 1 aliphatic rings. The predicted molar refractivity (Wildman–Crippen MR) is 139 cm³/mol. The predicted octanol–water partition coefficient (Wildman–Crippen LogP) is 6.33. The standard InChI is InChI=1S/C26H27N3O3S2/c1-5-16-7-6-12-29(16)25(30)22-14-19-24(34-22)20(10-11-27-19)32-17-8-9-18-21(13-17)33-15(2)23(18)26(31)28(3)4/h8-11,13-14,16H,5-7,12H2,1-4H3/t16-/m1/s1. The van der Waals surface area contributed by atoms with Crippen LogP contribution in [0.5, 0.6) is 11.5 Å². The van der Waals surface area contributed by atoms with Crippen LogP contribution < -0.4 is 4.74 Å². The number of benzene rings is 1. The van der Waals surface area contributed by atoms with Crippen molar-refractivity contribution >= 4 is 54.8 Å². The van der Waals surface area contributed by atoms with Gasteiger partial charge in [-0.05, 0) is 50.5 Å². The number of carbonyl (C=O) groups excluding carboxylic acids is 2. The van der Waals surface area contributed by atoms with Crippen molar-refractivity contribution in [2.75, 3.05) is 20.6 Å². The molecule has 1 saturated heterocycles. The number of pyridine rings is 1. The van der Waals surface area contributed by atoms with Crippen LogP contribution >= 0.6 is 22.7 Å². The molecule has 0 saturated carbocycles. The average Bonchev–Trinajstić information content (AvgIpc) is 3.54. The van der Waals surface area contributed by atoms with E-state index in [2.05, 4.69) is 11.9 Å². The summed E-state index contributed by atoms with van der Waals surface area (Å²) in [5.74, 6) is 1.47. The minimum Gasteiger partial charge on any atom is -0.456 e. The number of amides is 2. The highest BCUT2D eigenvalue weighted by Crippen LogP contribution is 2.39. The summed E-state index contributed by atoms with van der Waals surface area (Å²) in [5, 5.41) is 0.938. The number of rotatable bonds is 5. The smallest absolute Gasteiger partial charge is 0.264 e. The lowest BCUT2D eigenvalue weighted by Crippen LogP contribution is -2.34. The van der Waals surface area contributed by atoms with Crippen LogP contribution in [0, 0.1) is 6.92 Å². The van der Waals surface area contributed by atoms with Gasteiger partial charge < -0.3 is 14.5 Å². The Balaban J connectivity index is 1.46. The number of carbonyl (C=O) groups is 2. The zero-order chi connectivity index (χ0) is 24.0. The van der Waals surface area contributed by atoms with Gasteiger partial charge in [0.05, 0.1) is 20.7 Å². The lowest BCUT2D eigenvalue weighted by molar-refractivity contribution is 0.0738. The van der Waals surface area contributed by atoms with Crippen molar-refractivity contribution in [1.82, 2.24) is 14.8 Å². The molecular formula is C26H27N3O3S2. The lowest BCUT2D eigenvalue weighted by Gasteiger charge is -2.22. The first-order valence-corrected chi connectivity index (χ1v) is 13.1. The summed E-state index contributed by atoms with van der Waals surface area (Å²) in [4.78, 5) is 35.6. The summed E-state index contributed by atoms with van der Waals surface area (Å²) in [5.41, 5.74) is 1.52. The van der Waals surface area contributed by atoms with Gasteiger partial charge in [0, 0.05) is 53.9 Å². The number of thiophene rings is 2. The Bertz CT molecular complexity index is 1410. The Labute approximate surface area is 206 Å². The maximum Gasteiger partial charge on any atom is 0.264 e. The third kappa shape index (κ3) is 3.95. The summed E-state index contributed by atoms with van der Waals surface area (Å²) >= 11 is 3.03. The molecule has 0 bridgehead atoms. The molecule has 34 heavy (non-hydrogen) atoms. The first-order valence-electron chi connectivity index (χ1n) is 11.5. The Morgan fingerprint density at radius 3 is 2.79 bits per heavy atom. The highest BCUT2D eigenvalue weighted by Gasteiger charge is 2.29. The number of aryl methyl sites for hydroxylation is 1. The summed E-state index contributed by atoms with van der Waals surface area (Å²) in [7, 11) is 3.53. The number of fused-ring (bicyclic) bond motifs is 2. The molecular weight excluding hydrogens is 466 g/mol. The number of hydrogen-bond donors (Lipinski definition) is 0. The van der Waals surface area contributed by atoms with Gasteiger partial charge in [0.25, 0.3) is 11.8 Å². The zero-order valence-electron chi connectivity index (χ0n) is 19.8. The fourth-order valence-electron chi connectivity index (χ4n) is 4.65. The Morgan fingerprint density at radius 1 is 1.21 bits per heavy atom. The lowest BCUT2D eigenvalue weighted by atomic mass is 10.1. The SMILES string of the molecule is CC[C@@H]1CCCN1C(=O)c1cc2nccc(Oc3ccc4c(C(=O)N(C)C)c(C)sc4c3)c2s1. The molecule has 8 heteroatoms. The number of nitrogens with zero attached hydrogens (tertiary/aromatic N) is 3. The van der Waals surface area contributed by atoms with E-state index in [1.54, 1.807) is 36.5 Å². The summed E-state index contributed by atoms with van der Waals surface area (Å²) in [6.45, 7) is 4.93. The first-order chi connectivity index (χ1) is 16.4. The second kappa shape index (κ2) is 9.00. The largest absolute Gasteiger partial charge is 0.456 e. The Hall–Kier alpha value is -2.97. The maximum absolute atomic E-state index is 13.2. The van der Waals surface area contributed by atoms with E-state index in [9.17, 15) is 9.59 Å². The van der Waals surface area contributed by atoms with Gasteiger partial charge in [-0.2, -0.15) is 0 Å². The highest BCUT2D eigenvalue weighted by atomic mass is 32.1. The quantitative estimate of drug-likeness (QED) is 0.326. The topological polar surface area (TPSA) is 62.7 Å². The number of aromatic nitrogens is 1. The zero-order valence-corrected chi connectivity index (χ0v) is 21.4. The van der Waals surface area contributed by atoms with Crippen LogP contribution in [0.25, 0.3) is 20.3 Å². The van der Waals surface area contributed by atoms with Gasteiger partial charge in [-0.3, -0.25) is 14.6 Å². The minimum atomic E-state index is 0.00681.